The van der Waals surface area contributed by atoms with E-state index in [4.69, 9.17) is 65.4 Å². The van der Waals surface area contributed by atoms with E-state index >= 15 is 0 Å². The number of aromatic nitrogens is 6. The maximum atomic E-state index is 12.3. The van der Waals surface area contributed by atoms with Crippen molar-refractivity contribution < 1.29 is 75.3 Å². The normalized spacial score (nSPS) is 12.5. The second kappa shape index (κ2) is 44.3. The molecule has 2 atom stereocenters. The molecule has 0 unspecified atom stereocenters. The zero-order chi connectivity index (χ0) is 83.1. The lowest BCUT2D eigenvalue weighted by Gasteiger charge is -2.24. The molecule has 3 aromatic heterocycles. The van der Waals surface area contributed by atoms with E-state index in [2.05, 4.69) is 56.9 Å². The molecular formula is C77H71N21O16. The van der Waals surface area contributed by atoms with Gasteiger partial charge in [-0.25, -0.2) is 25.0 Å². The van der Waals surface area contributed by atoms with Crippen molar-refractivity contribution >= 4 is 53.5 Å². The van der Waals surface area contributed by atoms with E-state index < -0.39 is 53.0 Å². The summed E-state index contributed by atoms with van der Waals surface area (Å²) in [5, 5.41) is 89.3. The number of methoxy groups -OCH3 is 1. The SMILES string of the molecule is CC(C)(C)OC(=O)N1CC[C@H](CNC(=O)c2nnc(-c3cccc(C#N)c3)o2)C1.CCOC(=O)C(=O)NNC(=O)c1cccc(C#N)c1.CCOC(=O)c1nnc(-c2cccc(C#N)c2)o1.COC(=O)c1cccc(C#N)c1.N#Cc1cccc(-c2nnc(C(=O)NC[C@H]3CCN(C#N)C3)o2)c1.N#Cc1cccc(C(=O)NN)c1. The van der Waals surface area contributed by atoms with E-state index in [1.807, 2.05) is 73.5 Å². The first-order chi connectivity index (χ1) is 54.8. The summed E-state index contributed by atoms with van der Waals surface area (Å²) in [7, 11) is 1.31. The number of hydrogen-bond acceptors (Lipinski definition) is 31. The maximum Gasteiger partial charge on any atom is 0.410 e. The molecule has 0 spiro atoms. The van der Waals surface area contributed by atoms with E-state index in [0.717, 1.165) is 19.4 Å². The fourth-order valence-electron chi connectivity index (χ4n) is 9.66. The number of ether oxygens (including phenoxy) is 4. The van der Waals surface area contributed by atoms with Crippen LogP contribution in [0.15, 0.2) is 159 Å². The average Bonchev–Trinajstić information content (AvgIpc) is 1.71. The van der Waals surface area contributed by atoms with Gasteiger partial charge in [0.1, 0.15) is 5.60 Å². The number of nitrogen functional groups attached to an aromatic ring is 1. The highest BCUT2D eigenvalue weighted by atomic mass is 16.6. The lowest BCUT2D eigenvalue weighted by Crippen LogP contribution is -2.45. The molecule has 2 fully saturated rings. The van der Waals surface area contributed by atoms with Gasteiger partial charge >= 0.3 is 59.4 Å². The van der Waals surface area contributed by atoms with Crippen LogP contribution in [0.4, 0.5) is 4.79 Å². The molecule has 2 saturated heterocycles. The number of nitrogens with one attached hydrogen (secondary N) is 5. The van der Waals surface area contributed by atoms with Gasteiger partial charge in [0.15, 0.2) is 6.19 Å². The Balaban J connectivity index is 0.000000219. The molecule has 2 aliphatic rings. The van der Waals surface area contributed by atoms with Crippen LogP contribution in [0.25, 0.3) is 34.4 Å². The first-order valence-corrected chi connectivity index (χ1v) is 34.1. The summed E-state index contributed by atoms with van der Waals surface area (Å²) in [6.45, 7) is 12.3. The van der Waals surface area contributed by atoms with Gasteiger partial charge in [-0.05, 0) is 168 Å². The summed E-state index contributed by atoms with van der Waals surface area (Å²) in [5.74, 6) is 0.133. The van der Waals surface area contributed by atoms with Crippen molar-refractivity contribution in [3.63, 3.8) is 0 Å². The topological polar surface area (TPSA) is 566 Å². The zero-order valence-corrected chi connectivity index (χ0v) is 61.9. The molecule has 2 aliphatic heterocycles. The van der Waals surface area contributed by atoms with Crippen LogP contribution >= 0.6 is 0 Å². The van der Waals surface area contributed by atoms with Gasteiger partial charge in [-0.1, -0.05) is 36.4 Å². The average molecular weight is 1550 g/mol. The third-order valence-corrected chi connectivity index (χ3v) is 15.1. The lowest BCUT2D eigenvalue weighted by molar-refractivity contribution is -0.154. The number of hydrogen-bond donors (Lipinski definition) is 6. The molecule has 37 heteroatoms. The largest absolute Gasteiger partial charge is 0.465 e. The Kier molecular flexibility index (Phi) is 33.8. The number of esters is 3. The molecule has 0 radical (unpaired) electrons. The Hall–Kier alpha value is -16.0. The van der Waals surface area contributed by atoms with Crippen LogP contribution in [0.2, 0.25) is 0 Å². The Labute approximate surface area is 650 Å². The number of hydrazine groups is 2. The van der Waals surface area contributed by atoms with Gasteiger partial charge in [0.05, 0.1) is 95.7 Å². The van der Waals surface area contributed by atoms with E-state index in [1.54, 1.807) is 133 Å². The second-order valence-corrected chi connectivity index (χ2v) is 24.4. The highest BCUT2D eigenvalue weighted by molar-refractivity contribution is 6.32. The maximum absolute atomic E-state index is 12.3. The first-order valence-electron chi connectivity index (χ1n) is 34.1. The molecule has 5 heterocycles. The highest BCUT2D eigenvalue weighted by Gasteiger charge is 2.31. The summed E-state index contributed by atoms with van der Waals surface area (Å²) in [6, 6.07) is 50.5. The third-order valence-electron chi connectivity index (χ3n) is 15.1. The van der Waals surface area contributed by atoms with Crippen molar-refractivity contribution in [2.75, 3.05) is 59.6 Å². The van der Waals surface area contributed by atoms with Crippen LogP contribution in [0.5, 0.6) is 0 Å². The van der Waals surface area contributed by atoms with E-state index in [9.17, 15) is 43.2 Å². The zero-order valence-electron chi connectivity index (χ0n) is 61.9. The molecule has 6 amide bonds. The molecular weight excluding hydrogens is 1470 g/mol. The van der Waals surface area contributed by atoms with Gasteiger partial charge < -0.3 is 52.6 Å². The number of nitrogens with zero attached hydrogens (tertiary/aromatic N) is 15. The van der Waals surface area contributed by atoms with Crippen molar-refractivity contribution in [1.82, 2.24) is 67.3 Å². The molecule has 114 heavy (non-hydrogen) atoms. The fourth-order valence-corrected chi connectivity index (χ4v) is 9.66. The summed E-state index contributed by atoms with van der Waals surface area (Å²) >= 11 is 0. The number of nitriles is 7. The van der Waals surface area contributed by atoms with Gasteiger partial charge in [0.25, 0.3) is 11.8 Å². The van der Waals surface area contributed by atoms with Crippen molar-refractivity contribution in [2.24, 2.45) is 17.7 Å². The minimum Gasteiger partial charge on any atom is -0.465 e. The molecule has 0 bridgehead atoms. The Morgan fingerprint density at radius 2 is 0.877 bits per heavy atom. The van der Waals surface area contributed by atoms with Crippen molar-refractivity contribution in [3.05, 3.63) is 213 Å². The van der Waals surface area contributed by atoms with Crippen LogP contribution in [0.1, 0.15) is 144 Å². The van der Waals surface area contributed by atoms with E-state index in [0.29, 0.717) is 93.9 Å². The van der Waals surface area contributed by atoms with Gasteiger partial charge in [-0.15, -0.1) is 30.6 Å². The van der Waals surface area contributed by atoms with E-state index in [1.165, 1.54) is 43.5 Å². The smallest absolute Gasteiger partial charge is 0.410 e. The Morgan fingerprint density at radius 1 is 0.482 bits per heavy atom. The van der Waals surface area contributed by atoms with E-state index in [-0.39, 0.29) is 72.1 Å². The van der Waals surface area contributed by atoms with Gasteiger partial charge in [-0.2, -0.15) is 36.8 Å². The van der Waals surface area contributed by atoms with Gasteiger partial charge in [0, 0.05) is 67.1 Å². The number of likely N-dealkylation sites (tertiary alicyclic amines) is 2. The molecule has 11 rings (SSSR count). The fraction of sp³-hybridized carbons (Fsp3) is 0.247. The summed E-state index contributed by atoms with van der Waals surface area (Å²) in [5.41, 5.74) is 10.7. The highest BCUT2D eigenvalue weighted by Crippen LogP contribution is 2.24. The number of amides is 6. The third kappa shape index (κ3) is 27.6. The molecule has 9 aromatic rings. The molecule has 7 N–H and O–H groups in total. The molecule has 0 aliphatic carbocycles. The predicted octanol–water partition coefficient (Wildman–Crippen LogP) is 6.91. The summed E-state index contributed by atoms with van der Waals surface area (Å²) < 4.78 is 35.0. The van der Waals surface area contributed by atoms with Crippen LogP contribution in [0, 0.1) is 91.3 Å². The Morgan fingerprint density at radius 3 is 1.29 bits per heavy atom. The van der Waals surface area contributed by atoms with Crippen molar-refractivity contribution in [1.29, 1.82) is 36.8 Å². The number of benzene rings is 6. The van der Waals surface area contributed by atoms with Crippen LogP contribution < -0.4 is 32.8 Å². The molecule has 0 saturated carbocycles. The second-order valence-electron chi connectivity index (χ2n) is 24.4. The minimum atomic E-state index is -1.09. The molecule has 6 aromatic carbocycles. The molecule has 580 valence electrons. The lowest BCUT2D eigenvalue weighted by atomic mass is 10.1. The quantitative estimate of drug-likeness (QED) is 0.0115. The summed E-state index contributed by atoms with van der Waals surface area (Å²) in [4.78, 5) is 107. The van der Waals surface area contributed by atoms with Crippen molar-refractivity contribution in [2.45, 2.75) is 53.1 Å². The number of rotatable bonds is 15. The number of carbonyl (C=O) groups is 9. The summed E-state index contributed by atoms with van der Waals surface area (Å²) in [6.07, 6.45) is 3.40. The minimum absolute atomic E-state index is 0.0599. The Bertz CT molecular complexity index is 5160. The first kappa shape index (κ1) is 86.9. The van der Waals surface area contributed by atoms with Crippen LogP contribution in [-0.2, 0) is 28.5 Å². The number of carbonyl (C=O) groups excluding carboxylic acids is 9. The van der Waals surface area contributed by atoms with Crippen molar-refractivity contribution in [3.8, 4) is 77.0 Å². The standard InChI is InChI=1S/C20H23N5O4.C16H14N6O2.C12H11N3O4.C12H9N3O3.C9H7NO2.C8H7N3O/c1-20(2,3)29-19(27)25-8-7-14(12-25)11-22-16(26)18-24-23-17(28-18)15-6-4-5-13(9-15)10-21;17-7-11-2-1-3-13(6-11)15-20-21-16(24-15)14(23)19-8-12-4-5-22(9-12)10-18;1-2-19-12(18)11(17)15-14-10(16)9-5-3-4-8(6-9)7-13;1-2-17-12(16)11-15-14-10(18-11)9-5-3-4-8(6-9)7-13;1-12-9(11)8-4-2-3-7(5-8)6-10;9-5-6-2-1-3-7(4-6)8(12)11-10/h4-6,9,14H,7-8,11-12H2,1-3H3,(H,22,26);1-3,6,12H,4-5,8-9H2,(H,19,23);3-6H,2H2,1H3,(H,14,16)(H,15,17);3-6H,2H2,1H3;2-5H,1H3;1-4H,10H2,(H,11,12)/t14-;12-;;;;/m11..../s1. The number of nitrogens with two attached hydrogens (primary N) is 1. The van der Waals surface area contributed by atoms with Gasteiger partial charge in [-0.3, -0.25) is 40.3 Å². The van der Waals surface area contributed by atoms with Crippen LogP contribution in [-0.4, -0.2) is 159 Å². The molecule has 37 nitrogen and oxygen atoms in total. The predicted molar refractivity (Wildman–Crippen MR) is 394 cm³/mol. The van der Waals surface area contributed by atoms with Crippen LogP contribution in [0.3, 0.4) is 0 Å². The monoisotopic (exact) mass is 1550 g/mol. The van der Waals surface area contributed by atoms with Gasteiger partial charge in [0.2, 0.25) is 17.7 Å².